The maximum atomic E-state index is 12.9. The van der Waals surface area contributed by atoms with E-state index in [0.717, 1.165) is 10.0 Å². The molecule has 1 fully saturated rings. The zero-order valence-electron chi connectivity index (χ0n) is 20.1. The van der Waals surface area contributed by atoms with Crippen LogP contribution < -0.4 is 0 Å². The number of aliphatic hydroxyl groups is 1. The molecule has 0 radical (unpaired) electrons. The molecule has 1 aromatic carbocycles. The molecule has 8 heteroatoms. The van der Waals surface area contributed by atoms with Gasteiger partial charge in [-0.25, -0.2) is 4.79 Å². The zero-order valence-corrected chi connectivity index (χ0v) is 22.7. The van der Waals surface area contributed by atoms with Crippen LogP contribution in [-0.4, -0.2) is 55.0 Å². The summed E-state index contributed by atoms with van der Waals surface area (Å²) in [6, 6.07) is 7.41. The van der Waals surface area contributed by atoms with Crippen molar-refractivity contribution >= 4 is 30.3 Å². The van der Waals surface area contributed by atoms with Crippen LogP contribution in [0.4, 0.5) is 4.79 Å². The number of hydrogen-bond acceptors (Lipinski definition) is 5. The van der Waals surface area contributed by atoms with Gasteiger partial charge >= 0.3 is 6.09 Å². The van der Waals surface area contributed by atoms with Crippen molar-refractivity contribution in [2.75, 3.05) is 13.2 Å². The quantitative estimate of drug-likeness (QED) is 0.389. The number of halogens is 1. The van der Waals surface area contributed by atoms with Crippen LogP contribution in [-0.2, 0) is 20.5 Å². The first kappa shape index (κ1) is 26.3. The van der Waals surface area contributed by atoms with E-state index in [4.69, 9.17) is 13.9 Å². The smallest absolute Gasteiger partial charge is 0.410 e. The minimum Gasteiger partial charge on any atom is -0.444 e. The standard InChI is InChI=1S/C23H38BrNO5Si/c1-21(2,3)30-20(26)25-16-23(27,28-14-17-9-11-18(24)12-10-17)13-19(25)15-29-31(7,8)22(4,5)6/h9-12,19,27H,13-16H2,1-8H3/t19-,23+/m0/s1. The van der Waals surface area contributed by atoms with E-state index in [2.05, 4.69) is 49.8 Å². The first-order chi connectivity index (χ1) is 14.0. The first-order valence-electron chi connectivity index (χ1n) is 10.8. The van der Waals surface area contributed by atoms with E-state index in [-0.39, 0.29) is 30.7 Å². The van der Waals surface area contributed by atoms with Crippen LogP contribution in [0.3, 0.4) is 0 Å². The van der Waals surface area contributed by atoms with E-state index in [0.29, 0.717) is 6.61 Å². The van der Waals surface area contributed by atoms with Gasteiger partial charge in [0.05, 0.1) is 25.8 Å². The minimum atomic E-state index is -2.01. The minimum absolute atomic E-state index is 0.0456. The van der Waals surface area contributed by atoms with Gasteiger partial charge in [-0.05, 0) is 56.6 Å². The molecule has 0 saturated carbocycles. The van der Waals surface area contributed by atoms with Crippen molar-refractivity contribution in [1.82, 2.24) is 4.90 Å². The summed E-state index contributed by atoms with van der Waals surface area (Å²) in [6.45, 7) is 17.0. The Balaban J connectivity index is 2.13. The summed E-state index contributed by atoms with van der Waals surface area (Å²) in [4.78, 5) is 14.4. The van der Waals surface area contributed by atoms with E-state index in [9.17, 15) is 9.90 Å². The maximum Gasteiger partial charge on any atom is 0.410 e. The van der Waals surface area contributed by atoms with Gasteiger partial charge in [0.25, 0.3) is 0 Å². The fourth-order valence-electron chi connectivity index (χ4n) is 3.05. The molecule has 1 aliphatic rings. The highest BCUT2D eigenvalue weighted by Gasteiger charge is 2.48. The lowest BCUT2D eigenvalue weighted by Gasteiger charge is -2.38. The van der Waals surface area contributed by atoms with Crippen molar-refractivity contribution in [3.05, 3.63) is 34.3 Å². The normalized spacial score (nSPS) is 22.6. The Morgan fingerprint density at radius 3 is 2.29 bits per heavy atom. The predicted molar refractivity (Wildman–Crippen MR) is 128 cm³/mol. The number of hydrogen-bond donors (Lipinski definition) is 1. The molecule has 31 heavy (non-hydrogen) atoms. The van der Waals surface area contributed by atoms with Crippen LogP contribution >= 0.6 is 15.9 Å². The molecule has 1 aromatic rings. The molecule has 176 valence electrons. The zero-order chi connectivity index (χ0) is 23.7. The van der Waals surface area contributed by atoms with E-state index >= 15 is 0 Å². The van der Waals surface area contributed by atoms with Gasteiger partial charge < -0.3 is 19.0 Å². The van der Waals surface area contributed by atoms with Crippen molar-refractivity contribution in [3.63, 3.8) is 0 Å². The van der Waals surface area contributed by atoms with Gasteiger partial charge in [0.15, 0.2) is 14.1 Å². The van der Waals surface area contributed by atoms with E-state index in [1.54, 1.807) is 4.90 Å². The lowest BCUT2D eigenvalue weighted by atomic mass is 10.1. The molecule has 0 unspecified atom stereocenters. The number of amides is 1. The van der Waals surface area contributed by atoms with Crippen LogP contribution in [0.5, 0.6) is 0 Å². The van der Waals surface area contributed by atoms with Gasteiger partial charge in [0.2, 0.25) is 0 Å². The third-order valence-corrected chi connectivity index (χ3v) is 10.9. The van der Waals surface area contributed by atoms with Gasteiger partial charge in [-0.2, -0.15) is 0 Å². The van der Waals surface area contributed by atoms with Crippen molar-refractivity contribution in [2.45, 2.75) is 90.1 Å². The predicted octanol–water partition coefficient (Wildman–Crippen LogP) is 5.69. The summed E-state index contributed by atoms with van der Waals surface area (Å²) >= 11 is 3.42. The summed E-state index contributed by atoms with van der Waals surface area (Å²) in [5, 5.41) is 11.2. The third-order valence-electron chi connectivity index (χ3n) is 5.90. The lowest BCUT2D eigenvalue weighted by molar-refractivity contribution is -0.200. The molecule has 0 bridgehead atoms. The molecular weight excluding hydrogens is 478 g/mol. The van der Waals surface area contributed by atoms with Crippen molar-refractivity contribution < 1.29 is 23.8 Å². The molecule has 1 saturated heterocycles. The Morgan fingerprint density at radius 1 is 1.19 bits per heavy atom. The maximum absolute atomic E-state index is 12.9. The third kappa shape index (κ3) is 7.56. The molecular formula is C23H38BrNO5Si. The average Bonchev–Trinajstić information content (AvgIpc) is 2.95. The molecule has 2 atom stereocenters. The van der Waals surface area contributed by atoms with E-state index in [1.165, 1.54) is 0 Å². The fraction of sp³-hybridized carbons (Fsp3) is 0.696. The highest BCUT2D eigenvalue weighted by Crippen LogP contribution is 2.38. The van der Waals surface area contributed by atoms with Gasteiger partial charge in [-0.3, -0.25) is 4.90 Å². The van der Waals surface area contributed by atoms with Crippen molar-refractivity contribution in [3.8, 4) is 0 Å². The molecule has 0 aromatic heterocycles. The average molecular weight is 517 g/mol. The molecule has 6 nitrogen and oxygen atoms in total. The number of nitrogens with zero attached hydrogens (tertiary/aromatic N) is 1. The van der Waals surface area contributed by atoms with Crippen LogP contribution in [0.1, 0.15) is 53.5 Å². The van der Waals surface area contributed by atoms with Crippen LogP contribution in [0, 0.1) is 0 Å². The SMILES string of the molecule is CC(C)(C)OC(=O)N1C[C@](O)(OCc2ccc(Br)cc2)C[C@H]1CO[Si](C)(C)C(C)(C)C. The van der Waals surface area contributed by atoms with Gasteiger partial charge in [0.1, 0.15) is 5.60 Å². The monoisotopic (exact) mass is 515 g/mol. The van der Waals surface area contributed by atoms with Crippen molar-refractivity contribution in [1.29, 1.82) is 0 Å². The second kappa shape index (κ2) is 9.51. The summed E-state index contributed by atoms with van der Waals surface area (Å²) in [6.07, 6.45) is -0.184. The Hall–Kier alpha value is -0.933. The Bertz CT molecular complexity index is 757. The molecule has 0 spiro atoms. The number of carbonyl (C=O) groups is 1. The lowest BCUT2D eigenvalue weighted by Crippen LogP contribution is -2.47. The number of likely N-dealkylation sites (tertiary alicyclic amines) is 1. The Morgan fingerprint density at radius 2 is 1.77 bits per heavy atom. The molecule has 1 amide bonds. The second-order valence-electron chi connectivity index (χ2n) is 10.9. The topological polar surface area (TPSA) is 68.2 Å². The summed E-state index contributed by atoms with van der Waals surface area (Å²) in [5.41, 5.74) is 0.322. The summed E-state index contributed by atoms with van der Waals surface area (Å²) < 4.78 is 18.9. The molecule has 0 aliphatic carbocycles. The molecule has 1 aliphatic heterocycles. The van der Waals surface area contributed by atoms with E-state index < -0.39 is 25.8 Å². The summed E-state index contributed by atoms with van der Waals surface area (Å²) in [7, 11) is -2.01. The van der Waals surface area contributed by atoms with Crippen LogP contribution in [0.25, 0.3) is 0 Å². The number of benzene rings is 1. The molecule has 2 rings (SSSR count). The number of rotatable bonds is 6. The highest BCUT2D eigenvalue weighted by molar-refractivity contribution is 9.10. The van der Waals surface area contributed by atoms with Crippen LogP contribution in [0.15, 0.2) is 28.7 Å². The van der Waals surface area contributed by atoms with Gasteiger partial charge in [-0.1, -0.05) is 48.8 Å². The number of β-amino-alcohol motifs (C(OH)–C–C–N with tert-alkyl or cyclic N) is 1. The highest BCUT2D eigenvalue weighted by atomic mass is 79.9. The molecule has 1 N–H and O–H groups in total. The number of carbonyl (C=O) groups excluding carboxylic acids is 1. The van der Waals surface area contributed by atoms with Crippen molar-refractivity contribution in [2.24, 2.45) is 0 Å². The van der Waals surface area contributed by atoms with Crippen LogP contribution in [0.2, 0.25) is 18.1 Å². The fourth-order valence-corrected chi connectivity index (χ4v) is 4.35. The second-order valence-corrected chi connectivity index (χ2v) is 16.6. The molecule has 1 heterocycles. The van der Waals surface area contributed by atoms with Gasteiger partial charge in [0, 0.05) is 10.9 Å². The van der Waals surface area contributed by atoms with Gasteiger partial charge in [-0.15, -0.1) is 0 Å². The summed E-state index contributed by atoms with van der Waals surface area (Å²) in [5.74, 6) is -1.45. The largest absolute Gasteiger partial charge is 0.444 e. The Kier molecular flexibility index (Phi) is 8.07. The number of ether oxygens (including phenoxy) is 2. The van der Waals surface area contributed by atoms with E-state index in [1.807, 2.05) is 45.0 Å². The first-order valence-corrected chi connectivity index (χ1v) is 14.5. The Labute approximate surface area is 196 Å².